The number of ether oxygens (including phenoxy) is 2. The third-order valence-corrected chi connectivity index (χ3v) is 16.0. The van der Waals surface area contributed by atoms with E-state index in [9.17, 15) is 33.7 Å². The molecule has 2 aliphatic rings. The molecule has 5 atom stereocenters. The van der Waals surface area contributed by atoms with Crippen molar-refractivity contribution in [3.8, 4) is 0 Å². The van der Waals surface area contributed by atoms with Crippen LogP contribution < -0.4 is 50.6 Å². The van der Waals surface area contributed by atoms with E-state index >= 15 is 0 Å². The van der Waals surface area contributed by atoms with Gasteiger partial charge in [0.15, 0.2) is 6.10 Å². The number of hydrogen-bond donors (Lipinski definition) is 4. The van der Waals surface area contributed by atoms with Crippen molar-refractivity contribution in [1.29, 1.82) is 0 Å². The topological polar surface area (TPSA) is 214 Å². The van der Waals surface area contributed by atoms with Gasteiger partial charge in [-0.25, -0.2) is 9.36 Å². The van der Waals surface area contributed by atoms with Crippen molar-refractivity contribution < 1.29 is 81.8 Å². The second-order valence-corrected chi connectivity index (χ2v) is 23.1. The average Bonchev–Trinajstić information content (AvgIpc) is 3.94. The summed E-state index contributed by atoms with van der Waals surface area (Å²) in [6.45, 7) is 3.75. The van der Waals surface area contributed by atoms with Gasteiger partial charge in [-0.2, -0.15) is 11.8 Å². The predicted molar refractivity (Wildman–Crippen MR) is 299 cm³/mol. The van der Waals surface area contributed by atoms with Crippen LogP contribution in [0.25, 0.3) is 0 Å². The van der Waals surface area contributed by atoms with Crippen molar-refractivity contribution in [3.05, 3.63) is 24.3 Å². The number of fused-ring (bicyclic) bond motifs is 1. The standard InChI is InChI=1S/C57H103N4O11PS.Na/c1-3-5-7-9-11-13-15-17-19-21-23-25-27-29-33-41-54(64)69-46-49(72-55(65)42-34-30-28-26-24-22-20-18-16-14-12-10-8-6-4-2)47-71-73(67,68)70-45-44-59-53(63)39-32-31-37-43-58-52(62)40-36-35-38-51-56-50(48-74-51)60-57(66)61-56;/h17-20,49-51,56H,3-16,21-48H2,1-2H3,(H,58,62)(H,59,63)(H,67,68)(H2,60,61,66);/q;+1/p-1/b19-17-,20-18-;/t49-,50+,51+,56+;/m1./s1. The second kappa shape index (κ2) is 49.2. The Morgan fingerprint density at radius 3 is 1.77 bits per heavy atom. The molecular formula is C57H102N4NaO11PS. The first-order valence-electron chi connectivity index (χ1n) is 29.5. The van der Waals surface area contributed by atoms with Crippen LogP contribution in [0.1, 0.15) is 245 Å². The largest absolute Gasteiger partial charge is 1.00 e. The first-order chi connectivity index (χ1) is 36.0. The van der Waals surface area contributed by atoms with Crippen LogP contribution in [0.15, 0.2) is 29.3 Å². The van der Waals surface area contributed by atoms with Crippen molar-refractivity contribution in [2.75, 3.05) is 38.7 Å². The smallest absolute Gasteiger partial charge is 0.862 e. The summed E-state index contributed by atoms with van der Waals surface area (Å²) < 4.78 is 34.1. The molecule has 428 valence electrons. The number of carbonyl (C=O) groups is 4. The number of phosphoric ester groups is 1. The number of amides is 3. The van der Waals surface area contributed by atoms with Gasteiger partial charge in [0.25, 0.3) is 0 Å². The van der Waals surface area contributed by atoms with Crippen LogP contribution in [0.2, 0.25) is 0 Å². The normalized spacial score (nSPS) is 17.6. The van der Waals surface area contributed by atoms with E-state index in [4.69, 9.17) is 18.5 Å². The molecule has 18 heteroatoms. The molecule has 1 unspecified atom stereocenters. The number of thioether (sulfide) groups is 1. The van der Waals surface area contributed by atoms with Crippen LogP contribution >= 0.6 is 19.6 Å². The Bertz CT molecular complexity index is 1610. The van der Waals surface area contributed by atoms with Crippen LogP contribution in [0.4, 0.5) is 4.79 Å². The van der Waals surface area contributed by atoms with Gasteiger partial charge >= 0.3 is 55.3 Å². The van der Waals surface area contributed by atoms with Gasteiger partial charge in [-0.15, -0.1) is 0 Å². The van der Waals surface area contributed by atoms with Crippen molar-refractivity contribution in [2.45, 2.75) is 268 Å². The molecule has 0 saturated carbocycles. The number of hydrogen-bond acceptors (Lipinski definition) is 12. The Kier molecular flexibility index (Phi) is 46.6. The molecule has 3 amide bonds. The number of nitrogens with zero attached hydrogens (tertiary/aromatic N) is 1. The zero-order valence-electron chi connectivity index (χ0n) is 47.1. The molecule has 4 N–H and O–H groups in total. The van der Waals surface area contributed by atoms with Crippen LogP contribution in [0, 0.1) is 0 Å². The minimum atomic E-state index is -4.61. The molecule has 2 fully saturated rings. The van der Waals surface area contributed by atoms with Crippen molar-refractivity contribution in [1.82, 2.24) is 16.0 Å². The number of rotatable bonds is 51. The van der Waals surface area contributed by atoms with Gasteiger partial charge in [-0.1, -0.05) is 154 Å². The molecule has 0 aromatic carbocycles. The van der Waals surface area contributed by atoms with Crippen LogP contribution in [0.3, 0.4) is 0 Å². The van der Waals surface area contributed by atoms with Crippen molar-refractivity contribution >= 4 is 49.4 Å². The van der Waals surface area contributed by atoms with Gasteiger partial charge in [0.05, 0.1) is 25.3 Å². The molecule has 2 saturated heterocycles. The second-order valence-electron chi connectivity index (χ2n) is 20.4. The maximum atomic E-state index is 12.9. The summed E-state index contributed by atoms with van der Waals surface area (Å²) in [6, 6.07) is 0.284. The fraction of sp³-hybridized carbons (Fsp3) is 0.842. The van der Waals surface area contributed by atoms with Gasteiger partial charge < -0.3 is 40.4 Å². The summed E-state index contributed by atoms with van der Waals surface area (Å²) in [6.07, 6.45) is 43.6. The van der Waals surface area contributed by atoms with E-state index < -0.39 is 32.5 Å². The zero-order chi connectivity index (χ0) is 53.6. The monoisotopic (exact) mass is 1100 g/mol. The molecular weight excluding hydrogens is 1000 g/mol. The van der Waals surface area contributed by atoms with Gasteiger partial charge in [0.2, 0.25) is 5.91 Å². The van der Waals surface area contributed by atoms with Gasteiger partial charge in [0.1, 0.15) is 6.61 Å². The van der Waals surface area contributed by atoms with E-state index in [1.807, 2.05) is 11.8 Å². The maximum absolute atomic E-state index is 12.9. The average molecular weight is 1110 g/mol. The van der Waals surface area contributed by atoms with E-state index in [0.717, 1.165) is 108 Å². The first kappa shape index (κ1) is 71.1. The van der Waals surface area contributed by atoms with E-state index in [2.05, 4.69) is 59.1 Å². The van der Waals surface area contributed by atoms with Crippen LogP contribution in [-0.4, -0.2) is 96.8 Å². The predicted octanol–water partition coefficient (Wildman–Crippen LogP) is 9.82. The molecule has 0 bridgehead atoms. The summed E-state index contributed by atoms with van der Waals surface area (Å²) >= 11 is 1.87. The molecule has 0 spiro atoms. The number of nitrogens with one attached hydrogen (secondary N) is 3. The SMILES string of the molecule is CCCCCCCC/C=C\CCCCCCCC(=O)OC[C@H](COP(=O)(O)OCCNC(=O)CCCCCN=C([O-])CCCC[C@@H]1SC[C@@H]2NC(=O)N[C@@H]21)OC(=O)CCCCCCC/C=C\CCCCCCCC.[Na+]. The third-order valence-electron chi connectivity index (χ3n) is 13.5. The molecule has 0 radical (unpaired) electrons. The molecule has 2 heterocycles. The van der Waals surface area contributed by atoms with E-state index in [0.29, 0.717) is 43.9 Å². The molecule has 2 rings (SSSR count). The number of carbonyl (C=O) groups excluding carboxylic acids is 4. The van der Waals surface area contributed by atoms with Gasteiger partial charge in [-0.05, 0) is 102 Å². The van der Waals surface area contributed by atoms with Gasteiger partial charge in [0, 0.05) is 43.4 Å². The Morgan fingerprint density at radius 1 is 0.680 bits per heavy atom. The molecule has 0 aromatic rings. The number of esters is 2. The summed E-state index contributed by atoms with van der Waals surface area (Å²) in [5.41, 5.74) is 0. The quantitative estimate of drug-likeness (QED) is 0.00655. The minimum Gasteiger partial charge on any atom is -0.862 e. The fourth-order valence-electron chi connectivity index (χ4n) is 9.08. The Labute approximate surface area is 480 Å². The fourth-order valence-corrected chi connectivity index (χ4v) is 11.4. The summed E-state index contributed by atoms with van der Waals surface area (Å²) in [5, 5.41) is 21.2. The third kappa shape index (κ3) is 41.8. The summed E-state index contributed by atoms with van der Waals surface area (Å²) in [7, 11) is -4.61. The van der Waals surface area contributed by atoms with E-state index in [1.165, 1.54) is 77.0 Å². The number of allylic oxidation sites excluding steroid dienone is 4. The van der Waals surface area contributed by atoms with E-state index in [-0.39, 0.29) is 98.5 Å². The number of urea groups is 1. The maximum Gasteiger partial charge on any atom is 1.00 e. The Balaban J connectivity index is 0.0000281. The number of aliphatic imine (C=N–C) groups is 1. The van der Waals surface area contributed by atoms with Crippen molar-refractivity contribution in [3.63, 3.8) is 0 Å². The summed E-state index contributed by atoms with van der Waals surface area (Å²) in [4.78, 5) is 64.0. The molecule has 0 aliphatic carbocycles. The summed E-state index contributed by atoms with van der Waals surface area (Å²) in [5.74, 6) is -0.353. The first-order valence-corrected chi connectivity index (χ1v) is 32.0. The van der Waals surface area contributed by atoms with Crippen LogP contribution in [-0.2, 0) is 37.5 Å². The molecule has 15 nitrogen and oxygen atoms in total. The van der Waals surface area contributed by atoms with Crippen LogP contribution in [0.5, 0.6) is 0 Å². The number of phosphoric acid groups is 1. The number of unbranched alkanes of at least 4 members (excludes halogenated alkanes) is 25. The zero-order valence-corrected chi connectivity index (χ0v) is 50.9. The molecule has 0 aromatic heterocycles. The minimum absolute atomic E-state index is 0. The van der Waals surface area contributed by atoms with Gasteiger partial charge in [-0.3, -0.25) is 23.4 Å². The van der Waals surface area contributed by atoms with Crippen molar-refractivity contribution in [2.24, 2.45) is 4.99 Å². The Morgan fingerprint density at radius 2 is 1.19 bits per heavy atom. The molecule has 2 aliphatic heterocycles. The Hall–Kier alpha value is -1.91. The van der Waals surface area contributed by atoms with E-state index in [1.54, 1.807) is 0 Å². The molecule has 75 heavy (non-hydrogen) atoms.